The molecule has 11 heteroatoms. The number of piperazine rings is 1. The van der Waals surface area contributed by atoms with Crippen molar-refractivity contribution in [3.63, 3.8) is 0 Å². The van der Waals surface area contributed by atoms with Gasteiger partial charge in [0.15, 0.2) is 17.2 Å². The van der Waals surface area contributed by atoms with Crippen LogP contribution in [0.25, 0.3) is 11.2 Å². The van der Waals surface area contributed by atoms with Crippen molar-refractivity contribution >= 4 is 23.0 Å². The SMILES string of the molecule is C=CCN=NN(OCCCC(=O)N1CCN(c2ncnc3oc(CC)nc23)CC1)C(=C)C=C.CC. The van der Waals surface area contributed by atoms with Crippen molar-refractivity contribution in [2.24, 2.45) is 10.3 Å². The highest BCUT2D eigenvalue weighted by Crippen LogP contribution is 2.24. The van der Waals surface area contributed by atoms with E-state index >= 15 is 0 Å². The highest BCUT2D eigenvalue weighted by Gasteiger charge is 2.24. The van der Waals surface area contributed by atoms with E-state index in [2.05, 4.69) is 49.9 Å². The third-order valence-corrected chi connectivity index (χ3v) is 5.04. The van der Waals surface area contributed by atoms with Gasteiger partial charge in [-0.25, -0.2) is 9.97 Å². The number of carbonyl (C=O) groups is 1. The summed E-state index contributed by atoms with van der Waals surface area (Å²) in [6.07, 6.45) is 6.24. The molecule has 0 saturated carbocycles. The Morgan fingerprint density at radius 1 is 1.26 bits per heavy atom. The van der Waals surface area contributed by atoms with Gasteiger partial charge in [0, 0.05) is 39.0 Å². The van der Waals surface area contributed by atoms with Crippen LogP contribution in [0.3, 0.4) is 0 Å². The van der Waals surface area contributed by atoms with Gasteiger partial charge in [-0.3, -0.25) is 9.63 Å². The van der Waals surface area contributed by atoms with Crippen LogP contribution in [0.15, 0.2) is 58.7 Å². The summed E-state index contributed by atoms with van der Waals surface area (Å²) in [7, 11) is 0. The number of hydrogen-bond donors (Lipinski definition) is 0. The normalized spacial score (nSPS) is 13.5. The van der Waals surface area contributed by atoms with Crippen LogP contribution in [0.5, 0.6) is 0 Å². The molecule has 0 aliphatic carbocycles. The van der Waals surface area contributed by atoms with Crippen LogP contribution < -0.4 is 4.90 Å². The van der Waals surface area contributed by atoms with E-state index in [-0.39, 0.29) is 5.91 Å². The summed E-state index contributed by atoms with van der Waals surface area (Å²) in [4.78, 5) is 35.3. The number of aromatic nitrogens is 3. The van der Waals surface area contributed by atoms with Crippen LogP contribution in [0.1, 0.15) is 39.5 Å². The first-order chi connectivity index (χ1) is 17.1. The molecule has 35 heavy (non-hydrogen) atoms. The minimum atomic E-state index is 0.0863. The first-order valence-corrected chi connectivity index (χ1v) is 11.9. The second kappa shape index (κ2) is 14.6. The molecule has 0 unspecified atom stereocenters. The smallest absolute Gasteiger partial charge is 0.252 e. The summed E-state index contributed by atoms with van der Waals surface area (Å²) in [5.41, 5.74) is 1.62. The van der Waals surface area contributed by atoms with Crippen molar-refractivity contribution in [3.8, 4) is 0 Å². The van der Waals surface area contributed by atoms with Crippen molar-refractivity contribution in [1.82, 2.24) is 25.0 Å². The maximum Gasteiger partial charge on any atom is 0.252 e. The zero-order chi connectivity index (χ0) is 25.6. The number of amides is 1. The summed E-state index contributed by atoms with van der Waals surface area (Å²) < 4.78 is 5.63. The number of hydrogen-bond acceptors (Lipinski definition) is 9. The Hall–Kier alpha value is -3.60. The molecule has 0 N–H and O–H groups in total. The number of aryl methyl sites for hydroxylation is 1. The van der Waals surface area contributed by atoms with Crippen molar-refractivity contribution in [1.29, 1.82) is 0 Å². The lowest BCUT2D eigenvalue weighted by molar-refractivity contribution is -0.141. The fraction of sp³-hybridized carbons (Fsp3) is 0.500. The molecule has 190 valence electrons. The Kier molecular flexibility index (Phi) is 11.5. The molecule has 1 aliphatic rings. The van der Waals surface area contributed by atoms with Gasteiger partial charge in [-0.1, -0.05) is 40.0 Å². The van der Waals surface area contributed by atoms with Gasteiger partial charge in [0.25, 0.3) is 5.71 Å². The molecule has 1 aliphatic heterocycles. The lowest BCUT2D eigenvalue weighted by Gasteiger charge is -2.35. The lowest BCUT2D eigenvalue weighted by Crippen LogP contribution is -2.49. The number of allylic oxidation sites excluding steroid dienone is 1. The highest BCUT2D eigenvalue weighted by atomic mass is 16.7. The molecule has 3 rings (SSSR count). The van der Waals surface area contributed by atoms with E-state index in [0.717, 1.165) is 5.82 Å². The summed E-state index contributed by atoms with van der Waals surface area (Å²) in [6.45, 7) is 20.2. The number of fused-ring (bicyclic) bond motifs is 1. The Morgan fingerprint density at radius 3 is 2.66 bits per heavy atom. The predicted molar refractivity (Wildman–Crippen MR) is 135 cm³/mol. The highest BCUT2D eigenvalue weighted by molar-refractivity contribution is 5.82. The molecule has 0 aromatic carbocycles. The van der Waals surface area contributed by atoms with Crippen LogP contribution in [-0.4, -0.2) is 70.3 Å². The number of oxazole rings is 1. The van der Waals surface area contributed by atoms with Crippen LogP contribution >= 0.6 is 0 Å². The van der Waals surface area contributed by atoms with E-state index in [1.165, 1.54) is 17.6 Å². The fourth-order valence-electron chi connectivity index (χ4n) is 3.26. The predicted octanol–water partition coefficient (Wildman–Crippen LogP) is 4.12. The molecule has 0 bridgehead atoms. The van der Waals surface area contributed by atoms with Gasteiger partial charge in [-0.2, -0.15) is 10.1 Å². The summed E-state index contributed by atoms with van der Waals surface area (Å²) in [5, 5.41) is 9.04. The third-order valence-electron chi connectivity index (χ3n) is 5.04. The molecule has 1 fully saturated rings. The van der Waals surface area contributed by atoms with E-state index in [4.69, 9.17) is 9.25 Å². The van der Waals surface area contributed by atoms with Gasteiger partial charge >= 0.3 is 0 Å². The van der Waals surface area contributed by atoms with Gasteiger partial charge in [0.1, 0.15) is 6.33 Å². The Labute approximate surface area is 206 Å². The monoisotopic (exact) mass is 484 g/mol. The van der Waals surface area contributed by atoms with Crippen molar-refractivity contribution < 1.29 is 14.0 Å². The molecular weight excluding hydrogens is 448 g/mol. The van der Waals surface area contributed by atoms with Gasteiger partial charge < -0.3 is 14.2 Å². The average molecular weight is 485 g/mol. The Morgan fingerprint density at radius 2 is 2.00 bits per heavy atom. The summed E-state index contributed by atoms with van der Waals surface area (Å²) in [6, 6.07) is 0. The van der Waals surface area contributed by atoms with Gasteiger partial charge in [0.2, 0.25) is 5.91 Å². The molecule has 0 radical (unpaired) electrons. The largest absolute Gasteiger partial charge is 0.422 e. The topological polar surface area (TPSA) is 113 Å². The average Bonchev–Trinajstić information content (AvgIpc) is 3.34. The van der Waals surface area contributed by atoms with Crippen LogP contribution in [0.4, 0.5) is 5.82 Å². The Balaban J connectivity index is 0.00000210. The maximum atomic E-state index is 12.6. The van der Waals surface area contributed by atoms with E-state index < -0.39 is 0 Å². The number of hydroxylamine groups is 1. The summed E-state index contributed by atoms with van der Waals surface area (Å²) >= 11 is 0. The Bertz CT molecular complexity index is 1010. The van der Waals surface area contributed by atoms with Crippen molar-refractivity contribution in [2.45, 2.75) is 40.0 Å². The number of nitrogens with zero attached hydrogens (tertiary/aromatic N) is 8. The van der Waals surface area contributed by atoms with E-state index in [9.17, 15) is 4.79 Å². The van der Waals surface area contributed by atoms with E-state index in [1.54, 1.807) is 6.08 Å². The number of carbonyl (C=O) groups excluding carboxylic acids is 1. The van der Waals surface area contributed by atoms with E-state index in [0.29, 0.717) is 81.4 Å². The molecule has 0 atom stereocenters. The first kappa shape index (κ1) is 27.6. The standard InChI is InChI=1S/C22H30N8O3.C2H6/c1-5-10-25-27-30(17(4)6-2)32-15-8-9-19(31)28-11-13-29(14-12-28)21-20-22(24-16-23-21)33-18(7-3)26-20;1-2/h5-6,16H,1-2,4,7-15H2,3H3;1-2H3. The second-order valence-electron chi connectivity index (χ2n) is 7.29. The number of rotatable bonds is 12. The molecule has 1 saturated heterocycles. The molecular formula is C24H36N8O3. The van der Waals surface area contributed by atoms with Crippen LogP contribution in [-0.2, 0) is 16.1 Å². The molecule has 3 heterocycles. The minimum absolute atomic E-state index is 0.0863. The van der Waals surface area contributed by atoms with Gasteiger partial charge in [-0.05, 0) is 17.7 Å². The van der Waals surface area contributed by atoms with Crippen molar-refractivity contribution in [3.05, 3.63) is 49.8 Å². The fourth-order valence-corrected chi connectivity index (χ4v) is 3.26. The molecule has 0 spiro atoms. The molecule has 2 aromatic heterocycles. The van der Waals surface area contributed by atoms with E-state index in [1.807, 2.05) is 25.7 Å². The maximum absolute atomic E-state index is 12.6. The molecule has 11 nitrogen and oxygen atoms in total. The lowest BCUT2D eigenvalue weighted by atomic mass is 10.2. The number of anilines is 1. The van der Waals surface area contributed by atoms with Gasteiger partial charge in [-0.15, -0.1) is 11.8 Å². The van der Waals surface area contributed by atoms with Crippen LogP contribution in [0.2, 0.25) is 0 Å². The molecule has 2 aromatic rings. The minimum Gasteiger partial charge on any atom is -0.422 e. The third kappa shape index (κ3) is 7.71. The zero-order valence-corrected chi connectivity index (χ0v) is 21.0. The quantitative estimate of drug-likeness (QED) is 0.145. The van der Waals surface area contributed by atoms with Crippen molar-refractivity contribution in [2.75, 3.05) is 44.2 Å². The van der Waals surface area contributed by atoms with Crippen LogP contribution in [0, 0.1) is 0 Å². The molecule has 1 amide bonds. The van der Waals surface area contributed by atoms with Gasteiger partial charge in [0.05, 0.1) is 18.8 Å². The first-order valence-electron chi connectivity index (χ1n) is 11.9. The zero-order valence-electron chi connectivity index (χ0n) is 21.0. The summed E-state index contributed by atoms with van der Waals surface area (Å²) in [5.74, 6) is 1.47. The second-order valence-corrected chi connectivity index (χ2v) is 7.29.